The van der Waals surface area contributed by atoms with Gasteiger partial charge in [0.25, 0.3) is 0 Å². The summed E-state index contributed by atoms with van der Waals surface area (Å²) in [5, 5.41) is 4.07. The van der Waals surface area contributed by atoms with Crippen LogP contribution in [0, 0.1) is 0 Å². The molecule has 1 aliphatic heterocycles. The van der Waals surface area contributed by atoms with Gasteiger partial charge in [-0.05, 0) is 12.0 Å². The van der Waals surface area contributed by atoms with Gasteiger partial charge >= 0.3 is 0 Å². The number of aromatic nitrogens is 2. The van der Waals surface area contributed by atoms with Crippen molar-refractivity contribution in [3.8, 4) is 0 Å². The van der Waals surface area contributed by atoms with Crippen LogP contribution in [0.25, 0.3) is 0 Å². The molecule has 5 heteroatoms. The molecule has 0 amide bonds. The summed E-state index contributed by atoms with van der Waals surface area (Å²) in [5.74, 6) is 1.55. The van der Waals surface area contributed by atoms with Gasteiger partial charge in [0.15, 0.2) is 5.82 Å². The Morgan fingerprint density at radius 3 is 2.84 bits per heavy atom. The summed E-state index contributed by atoms with van der Waals surface area (Å²) in [6, 6.07) is 10.0. The zero-order valence-corrected chi connectivity index (χ0v) is 10.7. The minimum absolute atomic E-state index is 0.0372. The number of rotatable bonds is 4. The summed E-state index contributed by atoms with van der Waals surface area (Å²) < 4.78 is 10.7. The van der Waals surface area contributed by atoms with E-state index in [9.17, 15) is 0 Å². The summed E-state index contributed by atoms with van der Waals surface area (Å²) in [4.78, 5) is 4.50. The molecule has 1 aromatic carbocycles. The standard InChI is InChI=1S/C14H17N3O2/c15-8-12(10-4-2-1-3-5-10)14-16-13(17-19-14)11-6-7-18-9-11/h1-5,11-12H,6-9,15H2. The SMILES string of the molecule is NCC(c1ccccc1)c1nc(C2CCOC2)no1. The van der Waals surface area contributed by atoms with E-state index in [-0.39, 0.29) is 11.8 Å². The van der Waals surface area contributed by atoms with Crippen molar-refractivity contribution in [3.63, 3.8) is 0 Å². The predicted molar refractivity (Wildman–Crippen MR) is 69.8 cm³/mol. The molecule has 2 unspecified atom stereocenters. The van der Waals surface area contributed by atoms with Crippen molar-refractivity contribution in [2.75, 3.05) is 19.8 Å². The first-order valence-electron chi connectivity index (χ1n) is 6.54. The van der Waals surface area contributed by atoms with Gasteiger partial charge in [-0.2, -0.15) is 4.98 Å². The van der Waals surface area contributed by atoms with Gasteiger partial charge in [-0.25, -0.2) is 0 Å². The van der Waals surface area contributed by atoms with Crippen LogP contribution in [-0.2, 0) is 4.74 Å². The van der Waals surface area contributed by atoms with E-state index in [0.29, 0.717) is 19.0 Å². The van der Waals surface area contributed by atoms with Crippen molar-refractivity contribution in [2.45, 2.75) is 18.3 Å². The topological polar surface area (TPSA) is 74.2 Å². The third kappa shape index (κ3) is 2.52. The Kier molecular flexibility index (Phi) is 3.57. The van der Waals surface area contributed by atoms with Crippen molar-refractivity contribution >= 4 is 0 Å². The third-order valence-electron chi connectivity index (χ3n) is 3.49. The van der Waals surface area contributed by atoms with Crippen molar-refractivity contribution in [3.05, 3.63) is 47.6 Å². The van der Waals surface area contributed by atoms with Gasteiger partial charge < -0.3 is 15.0 Å². The Hall–Kier alpha value is -1.72. The van der Waals surface area contributed by atoms with Gasteiger partial charge in [0.2, 0.25) is 5.89 Å². The fourth-order valence-corrected chi connectivity index (χ4v) is 2.36. The molecule has 2 heterocycles. The fourth-order valence-electron chi connectivity index (χ4n) is 2.36. The highest BCUT2D eigenvalue weighted by Crippen LogP contribution is 2.26. The van der Waals surface area contributed by atoms with E-state index in [0.717, 1.165) is 24.4 Å². The van der Waals surface area contributed by atoms with Crippen molar-refractivity contribution in [1.82, 2.24) is 10.1 Å². The normalized spacial score (nSPS) is 20.6. The average Bonchev–Trinajstić information content (AvgIpc) is 3.11. The number of nitrogens with two attached hydrogens (primary N) is 1. The molecule has 2 N–H and O–H groups in total. The van der Waals surface area contributed by atoms with Crippen LogP contribution in [0.3, 0.4) is 0 Å². The Bertz CT molecular complexity index is 520. The maximum Gasteiger partial charge on any atom is 0.235 e. The first kappa shape index (κ1) is 12.3. The largest absolute Gasteiger partial charge is 0.381 e. The van der Waals surface area contributed by atoms with Crippen LogP contribution in [-0.4, -0.2) is 29.9 Å². The molecule has 2 aromatic rings. The molecule has 2 atom stereocenters. The minimum Gasteiger partial charge on any atom is -0.381 e. The smallest absolute Gasteiger partial charge is 0.235 e. The Morgan fingerprint density at radius 2 is 2.16 bits per heavy atom. The van der Waals surface area contributed by atoms with Gasteiger partial charge in [-0.3, -0.25) is 0 Å². The molecule has 1 fully saturated rings. The fraction of sp³-hybridized carbons (Fsp3) is 0.429. The van der Waals surface area contributed by atoms with E-state index < -0.39 is 0 Å². The molecule has 19 heavy (non-hydrogen) atoms. The number of hydrogen-bond acceptors (Lipinski definition) is 5. The van der Waals surface area contributed by atoms with Crippen molar-refractivity contribution in [1.29, 1.82) is 0 Å². The molecule has 1 aliphatic rings. The zero-order valence-electron chi connectivity index (χ0n) is 10.7. The Balaban J connectivity index is 1.84. The molecule has 0 saturated carbocycles. The second kappa shape index (κ2) is 5.50. The van der Waals surface area contributed by atoms with Crippen LogP contribution in [0.1, 0.15) is 35.5 Å². The summed E-state index contributed by atoms with van der Waals surface area (Å²) in [5.41, 5.74) is 6.95. The van der Waals surface area contributed by atoms with Crippen LogP contribution in [0.2, 0.25) is 0 Å². The highest BCUT2D eigenvalue weighted by atomic mass is 16.5. The molecule has 0 aliphatic carbocycles. The Morgan fingerprint density at radius 1 is 1.32 bits per heavy atom. The van der Waals surface area contributed by atoms with E-state index >= 15 is 0 Å². The summed E-state index contributed by atoms with van der Waals surface area (Å²) in [7, 11) is 0. The van der Waals surface area contributed by atoms with Crippen LogP contribution in [0.4, 0.5) is 0 Å². The maximum absolute atomic E-state index is 5.85. The van der Waals surface area contributed by atoms with Gasteiger partial charge in [-0.1, -0.05) is 35.5 Å². The lowest BCUT2D eigenvalue weighted by molar-refractivity contribution is 0.192. The van der Waals surface area contributed by atoms with Crippen LogP contribution in [0.15, 0.2) is 34.9 Å². The molecular weight excluding hydrogens is 242 g/mol. The van der Waals surface area contributed by atoms with E-state index in [1.807, 2.05) is 30.3 Å². The van der Waals surface area contributed by atoms with Crippen LogP contribution >= 0.6 is 0 Å². The molecule has 0 bridgehead atoms. The number of nitrogens with zero attached hydrogens (tertiary/aromatic N) is 2. The first-order valence-corrected chi connectivity index (χ1v) is 6.54. The highest BCUT2D eigenvalue weighted by Gasteiger charge is 2.26. The molecule has 3 rings (SSSR count). The van der Waals surface area contributed by atoms with Crippen molar-refractivity contribution < 1.29 is 9.26 Å². The summed E-state index contributed by atoms with van der Waals surface area (Å²) in [6.45, 7) is 1.90. The second-order valence-corrected chi connectivity index (χ2v) is 4.75. The molecule has 5 nitrogen and oxygen atoms in total. The first-order chi connectivity index (χ1) is 9.38. The van der Waals surface area contributed by atoms with Gasteiger partial charge in [0, 0.05) is 19.1 Å². The number of benzene rings is 1. The van der Waals surface area contributed by atoms with Gasteiger partial charge in [0.05, 0.1) is 12.5 Å². The summed E-state index contributed by atoms with van der Waals surface area (Å²) >= 11 is 0. The van der Waals surface area contributed by atoms with E-state index in [1.165, 1.54) is 0 Å². The molecule has 1 saturated heterocycles. The predicted octanol–water partition coefficient (Wildman–Crippen LogP) is 1.66. The van der Waals surface area contributed by atoms with Gasteiger partial charge in [-0.15, -0.1) is 0 Å². The third-order valence-corrected chi connectivity index (χ3v) is 3.49. The zero-order chi connectivity index (χ0) is 13.1. The lowest BCUT2D eigenvalue weighted by atomic mass is 9.99. The van der Waals surface area contributed by atoms with E-state index in [2.05, 4.69) is 10.1 Å². The lowest BCUT2D eigenvalue weighted by Gasteiger charge is -2.09. The van der Waals surface area contributed by atoms with Gasteiger partial charge in [0.1, 0.15) is 0 Å². The molecule has 1 aromatic heterocycles. The number of hydrogen-bond donors (Lipinski definition) is 1. The lowest BCUT2D eigenvalue weighted by Crippen LogP contribution is -2.14. The summed E-state index contributed by atoms with van der Waals surface area (Å²) in [6.07, 6.45) is 0.956. The van der Waals surface area contributed by atoms with E-state index in [4.69, 9.17) is 15.0 Å². The minimum atomic E-state index is -0.0372. The van der Waals surface area contributed by atoms with Crippen LogP contribution in [0.5, 0.6) is 0 Å². The molecule has 0 radical (unpaired) electrons. The van der Waals surface area contributed by atoms with Crippen molar-refractivity contribution in [2.24, 2.45) is 5.73 Å². The maximum atomic E-state index is 5.85. The number of ether oxygens (including phenoxy) is 1. The molecule has 0 spiro atoms. The Labute approximate surface area is 111 Å². The van der Waals surface area contributed by atoms with E-state index in [1.54, 1.807) is 0 Å². The second-order valence-electron chi connectivity index (χ2n) is 4.75. The average molecular weight is 259 g/mol. The monoisotopic (exact) mass is 259 g/mol. The quantitative estimate of drug-likeness (QED) is 0.904. The molecular formula is C14H17N3O2. The highest BCUT2D eigenvalue weighted by molar-refractivity contribution is 5.25. The van der Waals surface area contributed by atoms with Crippen LogP contribution < -0.4 is 5.73 Å². The molecule has 100 valence electrons.